The molecular formula is C15H18FNO3. The molecule has 1 saturated carbocycles. The van der Waals surface area contributed by atoms with Crippen LogP contribution in [0.15, 0.2) is 24.3 Å². The van der Waals surface area contributed by atoms with Gasteiger partial charge in [-0.3, -0.25) is 9.59 Å². The summed E-state index contributed by atoms with van der Waals surface area (Å²) in [4.78, 5) is 22.9. The van der Waals surface area contributed by atoms with Crippen LogP contribution in [-0.2, 0) is 15.0 Å². The Balaban J connectivity index is 2.20. The monoisotopic (exact) mass is 279 g/mol. The van der Waals surface area contributed by atoms with E-state index >= 15 is 0 Å². The first kappa shape index (κ1) is 14.5. The van der Waals surface area contributed by atoms with E-state index < -0.39 is 11.4 Å². The second-order valence-corrected chi connectivity index (χ2v) is 5.17. The molecule has 0 atom stereocenters. The van der Waals surface area contributed by atoms with Crippen LogP contribution in [0.5, 0.6) is 0 Å². The number of halogens is 1. The first-order chi connectivity index (χ1) is 9.56. The number of nitrogens with one attached hydrogen (secondary N) is 1. The Hall–Kier alpha value is -1.91. The fourth-order valence-corrected chi connectivity index (χ4v) is 2.90. The summed E-state index contributed by atoms with van der Waals surface area (Å²) in [5, 5.41) is 11.2. The summed E-state index contributed by atoms with van der Waals surface area (Å²) in [5.41, 5.74) is -0.422. The van der Waals surface area contributed by atoms with Gasteiger partial charge in [-0.15, -0.1) is 0 Å². The van der Waals surface area contributed by atoms with Gasteiger partial charge in [0.25, 0.3) is 0 Å². The highest BCUT2D eigenvalue weighted by molar-refractivity contribution is 5.88. The number of carbonyl (C=O) groups excluding carboxylic acids is 1. The zero-order chi connectivity index (χ0) is 14.6. The fraction of sp³-hybridized carbons (Fsp3) is 0.467. The van der Waals surface area contributed by atoms with Crippen molar-refractivity contribution in [1.82, 2.24) is 5.32 Å². The maximum Gasteiger partial charge on any atom is 0.305 e. The van der Waals surface area contributed by atoms with Crippen LogP contribution in [0.3, 0.4) is 0 Å². The van der Waals surface area contributed by atoms with Gasteiger partial charge in [0.1, 0.15) is 5.82 Å². The van der Waals surface area contributed by atoms with Crippen LogP contribution >= 0.6 is 0 Å². The largest absolute Gasteiger partial charge is 0.481 e. The zero-order valence-corrected chi connectivity index (χ0v) is 11.2. The molecule has 0 aromatic heterocycles. The van der Waals surface area contributed by atoms with Crippen molar-refractivity contribution in [2.24, 2.45) is 0 Å². The highest BCUT2D eigenvalue weighted by Gasteiger charge is 2.44. The quantitative estimate of drug-likeness (QED) is 0.868. The van der Waals surface area contributed by atoms with Crippen molar-refractivity contribution in [3.63, 3.8) is 0 Å². The minimum Gasteiger partial charge on any atom is -0.481 e. The van der Waals surface area contributed by atoms with Gasteiger partial charge in [-0.2, -0.15) is 0 Å². The number of amides is 1. The van der Waals surface area contributed by atoms with Crippen molar-refractivity contribution in [3.05, 3.63) is 35.6 Å². The molecule has 0 unspecified atom stereocenters. The first-order valence-corrected chi connectivity index (χ1v) is 6.81. The third kappa shape index (κ3) is 2.81. The maximum absolute atomic E-state index is 14.0. The minimum absolute atomic E-state index is 0.0738. The van der Waals surface area contributed by atoms with Gasteiger partial charge >= 0.3 is 5.97 Å². The van der Waals surface area contributed by atoms with Gasteiger partial charge in [-0.05, 0) is 18.9 Å². The van der Waals surface area contributed by atoms with Gasteiger partial charge in [-0.1, -0.05) is 31.0 Å². The third-order valence-electron chi connectivity index (χ3n) is 3.91. The molecule has 0 bridgehead atoms. The Morgan fingerprint density at radius 1 is 1.25 bits per heavy atom. The lowest BCUT2D eigenvalue weighted by Gasteiger charge is -2.28. The molecule has 0 radical (unpaired) electrons. The summed E-state index contributed by atoms with van der Waals surface area (Å²) in [7, 11) is 0. The summed E-state index contributed by atoms with van der Waals surface area (Å²) in [5.74, 6) is -1.60. The predicted octanol–water partition coefficient (Wildman–Crippen LogP) is 2.23. The Kier molecular flexibility index (Phi) is 4.37. The van der Waals surface area contributed by atoms with Crippen molar-refractivity contribution in [2.45, 2.75) is 37.5 Å². The minimum atomic E-state index is -0.961. The molecule has 0 saturated heterocycles. The number of rotatable bonds is 5. The summed E-state index contributed by atoms with van der Waals surface area (Å²) < 4.78 is 14.0. The average Bonchev–Trinajstić information content (AvgIpc) is 2.89. The van der Waals surface area contributed by atoms with Crippen LogP contribution in [0.4, 0.5) is 4.39 Å². The second kappa shape index (κ2) is 6.03. The predicted molar refractivity (Wildman–Crippen MR) is 71.8 cm³/mol. The zero-order valence-electron chi connectivity index (χ0n) is 11.2. The summed E-state index contributed by atoms with van der Waals surface area (Å²) in [6.45, 7) is 0.0738. The molecule has 1 aromatic rings. The molecule has 1 aliphatic rings. The molecule has 2 rings (SSSR count). The van der Waals surface area contributed by atoms with Crippen molar-refractivity contribution in [2.75, 3.05) is 6.54 Å². The molecule has 108 valence electrons. The Morgan fingerprint density at radius 2 is 1.90 bits per heavy atom. The van der Waals surface area contributed by atoms with Crippen molar-refractivity contribution >= 4 is 11.9 Å². The maximum atomic E-state index is 14.0. The number of aliphatic carboxylic acids is 1. The third-order valence-corrected chi connectivity index (χ3v) is 3.91. The van der Waals surface area contributed by atoms with E-state index in [1.54, 1.807) is 18.2 Å². The molecule has 1 aromatic carbocycles. The lowest BCUT2D eigenvalue weighted by Crippen LogP contribution is -2.43. The Labute approximate surface area is 117 Å². The molecule has 0 heterocycles. The number of carbonyl (C=O) groups is 2. The summed E-state index contributed by atoms with van der Waals surface area (Å²) in [6.07, 6.45) is 2.83. The highest BCUT2D eigenvalue weighted by atomic mass is 19.1. The lowest BCUT2D eigenvalue weighted by molar-refractivity contribution is -0.137. The molecule has 0 spiro atoms. The molecule has 1 aliphatic carbocycles. The van der Waals surface area contributed by atoms with Crippen molar-refractivity contribution < 1.29 is 19.1 Å². The van der Waals surface area contributed by atoms with Crippen LogP contribution in [-0.4, -0.2) is 23.5 Å². The van der Waals surface area contributed by atoms with E-state index in [0.717, 1.165) is 12.8 Å². The van der Waals surface area contributed by atoms with Crippen LogP contribution in [0.2, 0.25) is 0 Å². The van der Waals surface area contributed by atoms with Crippen LogP contribution in [0.1, 0.15) is 37.7 Å². The van der Waals surface area contributed by atoms with Crippen LogP contribution < -0.4 is 5.32 Å². The van der Waals surface area contributed by atoms with Gasteiger partial charge in [-0.25, -0.2) is 4.39 Å². The number of hydrogen-bond donors (Lipinski definition) is 2. The van der Waals surface area contributed by atoms with E-state index in [2.05, 4.69) is 5.32 Å². The van der Waals surface area contributed by atoms with E-state index in [-0.39, 0.29) is 24.7 Å². The van der Waals surface area contributed by atoms with Gasteiger partial charge < -0.3 is 10.4 Å². The average molecular weight is 279 g/mol. The SMILES string of the molecule is O=C(O)CCNC(=O)C1(c2ccccc2F)CCCC1. The molecular weight excluding hydrogens is 261 g/mol. The highest BCUT2D eigenvalue weighted by Crippen LogP contribution is 2.42. The molecule has 2 N–H and O–H groups in total. The van der Waals surface area contributed by atoms with Gasteiger partial charge in [0.2, 0.25) is 5.91 Å². The molecule has 1 amide bonds. The number of carboxylic acid groups (broad SMARTS) is 1. The molecule has 20 heavy (non-hydrogen) atoms. The Bertz CT molecular complexity index is 510. The molecule has 1 fully saturated rings. The summed E-state index contributed by atoms with van der Waals surface area (Å²) in [6, 6.07) is 6.34. The van der Waals surface area contributed by atoms with E-state index in [1.165, 1.54) is 6.07 Å². The smallest absolute Gasteiger partial charge is 0.305 e. The summed E-state index contributed by atoms with van der Waals surface area (Å²) >= 11 is 0. The topological polar surface area (TPSA) is 66.4 Å². The van der Waals surface area contributed by atoms with Gasteiger partial charge in [0.15, 0.2) is 0 Å². The normalized spacial score (nSPS) is 16.9. The second-order valence-electron chi connectivity index (χ2n) is 5.17. The number of hydrogen-bond acceptors (Lipinski definition) is 2. The van der Waals surface area contributed by atoms with Crippen LogP contribution in [0, 0.1) is 5.82 Å². The van der Waals surface area contributed by atoms with Gasteiger partial charge in [0.05, 0.1) is 11.8 Å². The lowest BCUT2D eigenvalue weighted by atomic mass is 9.77. The van der Waals surface area contributed by atoms with E-state index in [4.69, 9.17) is 5.11 Å². The van der Waals surface area contributed by atoms with Gasteiger partial charge in [0, 0.05) is 12.1 Å². The van der Waals surface area contributed by atoms with E-state index in [1.807, 2.05) is 0 Å². The first-order valence-electron chi connectivity index (χ1n) is 6.81. The van der Waals surface area contributed by atoms with Crippen molar-refractivity contribution in [3.8, 4) is 0 Å². The standard InChI is InChI=1S/C15H18FNO3/c16-12-6-2-1-5-11(12)15(8-3-4-9-15)14(20)17-10-7-13(18)19/h1-2,5-6H,3-4,7-10H2,(H,17,20)(H,18,19). The van der Waals surface area contributed by atoms with E-state index in [9.17, 15) is 14.0 Å². The fourth-order valence-electron chi connectivity index (χ4n) is 2.90. The van der Waals surface area contributed by atoms with E-state index in [0.29, 0.717) is 18.4 Å². The molecule has 5 heteroatoms. The number of carboxylic acids is 1. The van der Waals surface area contributed by atoms with Crippen molar-refractivity contribution in [1.29, 1.82) is 0 Å². The molecule has 4 nitrogen and oxygen atoms in total. The Morgan fingerprint density at radius 3 is 2.50 bits per heavy atom. The molecule has 0 aliphatic heterocycles. The van der Waals surface area contributed by atoms with Crippen LogP contribution in [0.25, 0.3) is 0 Å². The number of benzene rings is 1.